The molecule has 1 aliphatic heterocycles. The molecule has 0 spiro atoms. The van der Waals surface area contributed by atoms with Crippen molar-refractivity contribution < 1.29 is 18.0 Å². The lowest BCUT2D eigenvalue weighted by atomic mass is 10.1. The van der Waals surface area contributed by atoms with E-state index in [2.05, 4.69) is 0 Å². The van der Waals surface area contributed by atoms with Crippen LogP contribution in [0.5, 0.6) is 0 Å². The van der Waals surface area contributed by atoms with Gasteiger partial charge in [0.25, 0.3) is 0 Å². The van der Waals surface area contributed by atoms with Gasteiger partial charge >= 0.3 is 6.18 Å². The molecule has 3 rings (SSSR count). The second-order valence-electron chi connectivity index (χ2n) is 5.74. The molecular formula is C18H15ClF3NOS. The normalized spacial score (nSPS) is 17.8. The molecule has 0 bridgehead atoms. The van der Waals surface area contributed by atoms with Gasteiger partial charge in [-0.15, -0.1) is 11.8 Å². The van der Waals surface area contributed by atoms with Crippen LogP contribution in [0.4, 0.5) is 13.2 Å². The van der Waals surface area contributed by atoms with Gasteiger partial charge in [0, 0.05) is 17.3 Å². The van der Waals surface area contributed by atoms with Crippen molar-refractivity contribution in [2.24, 2.45) is 0 Å². The van der Waals surface area contributed by atoms with Crippen LogP contribution in [0.3, 0.4) is 0 Å². The topological polar surface area (TPSA) is 20.3 Å². The molecule has 1 amide bonds. The third-order valence-corrected chi connectivity index (χ3v) is 5.48. The minimum atomic E-state index is -4.37. The maximum absolute atomic E-state index is 12.6. The van der Waals surface area contributed by atoms with Crippen molar-refractivity contribution in [1.29, 1.82) is 0 Å². The van der Waals surface area contributed by atoms with E-state index in [-0.39, 0.29) is 17.7 Å². The summed E-state index contributed by atoms with van der Waals surface area (Å²) in [5.74, 6) is 0.713. The van der Waals surface area contributed by atoms with E-state index < -0.39 is 11.7 Å². The summed E-state index contributed by atoms with van der Waals surface area (Å²) in [5, 5.41) is 0.501. The average molecular weight is 386 g/mol. The summed E-state index contributed by atoms with van der Waals surface area (Å²) >= 11 is 7.68. The predicted octanol–water partition coefficient (Wildman–Crippen LogP) is 5.18. The molecule has 132 valence electrons. The largest absolute Gasteiger partial charge is 0.416 e. The third-order valence-electron chi connectivity index (χ3n) is 3.98. The van der Waals surface area contributed by atoms with E-state index >= 15 is 0 Å². The summed E-state index contributed by atoms with van der Waals surface area (Å²) in [6, 6.07) is 12.1. The van der Waals surface area contributed by atoms with Crippen molar-refractivity contribution in [3.05, 3.63) is 70.2 Å². The van der Waals surface area contributed by atoms with Crippen LogP contribution in [-0.4, -0.2) is 23.1 Å². The van der Waals surface area contributed by atoms with E-state index in [9.17, 15) is 18.0 Å². The van der Waals surface area contributed by atoms with Crippen LogP contribution in [0.25, 0.3) is 0 Å². The Balaban J connectivity index is 1.72. The van der Waals surface area contributed by atoms with Gasteiger partial charge in [0.05, 0.1) is 12.0 Å². The zero-order valence-electron chi connectivity index (χ0n) is 13.1. The zero-order chi connectivity index (χ0) is 18.0. The fourth-order valence-corrected chi connectivity index (χ4v) is 4.22. The number of carbonyl (C=O) groups excluding carboxylic acids is 1. The highest BCUT2D eigenvalue weighted by molar-refractivity contribution is 7.99. The Morgan fingerprint density at radius 3 is 2.56 bits per heavy atom. The molecule has 0 aromatic heterocycles. The molecule has 7 heteroatoms. The molecule has 2 nitrogen and oxygen atoms in total. The van der Waals surface area contributed by atoms with Crippen LogP contribution in [0.2, 0.25) is 5.02 Å². The molecule has 2 aromatic carbocycles. The first-order valence-corrected chi connectivity index (χ1v) is 9.10. The van der Waals surface area contributed by atoms with Gasteiger partial charge in [0.15, 0.2) is 0 Å². The maximum Gasteiger partial charge on any atom is 0.416 e. The fraction of sp³-hybridized carbons (Fsp3) is 0.278. The number of thioether (sulfide) groups is 1. The summed E-state index contributed by atoms with van der Waals surface area (Å²) in [4.78, 5) is 14.4. The van der Waals surface area contributed by atoms with Gasteiger partial charge < -0.3 is 4.90 Å². The molecule has 0 saturated carbocycles. The smallest absolute Gasteiger partial charge is 0.325 e. The molecule has 1 fully saturated rings. The average Bonchev–Trinajstić information content (AvgIpc) is 3.04. The van der Waals surface area contributed by atoms with E-state index in [1.165, 1.54) is 12.1 Å². The van der Waals surface area contributed by atoms with E-state index in [1.54, 1.807) is 22.7 Å². The van der Waals surface area contributed by atoms with Crippen LogP contribution in [0, 0.1) is 0 Å². The van der Waals surface area contributed by atoms with E-state index in [0.717, 1.165) is 23.4 Å². The standard InChI is InChI=1S/C18H15ClF3NOS/c19-15-3-1-2-13(11-15)17-23(8-9-25-17)16(24)10-12-4-6-14(7-5-12)18(20,21)22/h1-7,11,17H,8-10H2. The van der Waals surface area contributed by atoms with Crippen molar-refractivity contribution in [3.63, 3.8) is 0 Å². The quantitative estimate of drug-likeness (QED) is 0.726. The number of benzene rings is 2. The van der Waals surface area contributed by atoms with E-state index in [4.69, 9.17) is 11.6 Å². The zero-order valence-corrected chi connectivity index (χ0v) is 14.7. The highest BCUT2D eigenvalue weighted by atomic mass is 35.5. The Kier molecular flexibility index (Phi) is 5.29. The number of rotatable bonds is 3. The molecular weight excluding hydrogens is 371 g/mol. The van der Waals surface area contributed by atoms with Crippen molar-refractivity contribution in [2.45, 2.75) is 18.0 Å². The minimum absolute atomic E-state index is 0.0791. The Bertz CT molecular complexity index is 764. The molecule has 0 N–H and O–H groups in total. The highest BCUT2D eigenvalue weighted by Crippen LogP contribution is 2.39. The number of alkyl halides is 3. The van der Waals surface area contributed by atoms with Gasteiger partial charge in [-0.3, -0.25) is 4.79 Å². The van der Waals surface area contributed by atoms with Crippen LogP contribution < -0.4 is 0 Å². The molecule has 0 aliphatic carbocycles. The molecule has 1 aliphatic rings. The van der Waals surface area contributed by atoms with Crippen molar-refractivity contribution in [3.8, 4) is 0 Å². The highest BCUT2D eigenvalue weighted by Gasteiger charge is 2.32. The van der Waals surface area contributed by atoms with Gasteiger partial charge in [-0.2, -0.15) is 13.2 Å². The molecule has 1 unspecified atom stereocenters. The first-order valence-electron chi connectivity index (χ1n) is 7.67. The van der Waals surface area contributed by atoms with Gasteiger partial charge in [-0.05, 0) is 35.4 Å². The summed E-state index contributed by atoms with van der Waals surface area (Å²) in [5.41, 5.74) is 0.813. The molecule has 25 heavy (non-hydrogen) atoms. The number of carbonyl (C=O) groups is 1. The SMILES string of the molecule is O=C(Cc1ccc(C(F)(F)F)cc1)N1CCSC1c1cccc(Cl)c1. The number of nitrogens with zero attached hydrogens (tertiary/aromatic N) is 1. The van der Waals surface area contributed by atoms with Crippen LogP contribution in [0.1, 0.15) is 22.1 Å². The third kappa shape index (κ3) is 4.30. The first-order chi connectivity index (χ1) is 11.8. The van der Waals surface area contributed by atoms with Crippen molar-refractivity contribution in [1.82, 2.24) is 4.90 Å². The van der Waals surface area contributed by atoms with Crippen LogP contribution >= 0.6 is 23.4 Å². The Hall–Kier alpha value is -1.66. The minimum Gasteiger partial charge on any atom is -0.325 e. The fourth-order valence-electron chi connectivity index (χ4n) is 2.75. The molecule has 1 heterocycles. The number of amides is 1. The number of halogens is 4. The maximum atomic E-state index is 12.6. The van der Waals surface area contributed by atoms with E-state index in [0.29, 0.717) is 17.1 Å². The van der Waals surface area contributed by atoms with Crippen LogP contribution in [-0.2, 0) is 17.4 Å². The second kappa shape index (κ2) is 7.30. The summed E-state index contributed by atoms with van der Waals surface area (Å²) in [6.45, 7) is 0.612. The van der Waals surface area contributed by atoms with E-state index in [1.807, 2.05) is 18.2 Å². The number of hydrogen-bond donors (Lipinski definition) is 0. The van der Waals surface area contributed by atoms with Gasteiger partial charge in [-0.25, -0.2) is 0 Å². The summed E-state index contributed by atoms with van der Waals surface area (Å²) in [6.07, 6.45) is -4.29. The van der Waals surface area contributed by atoms with Gasteiger partial charge in [0.2, 0.25) is 5.91 Å². The second-order valence-corrected chi connectivity index (χ2v) is 7.36. The molecule has 1 atom stereocenters. The molecule has 0 radical (unpaired) electrons. The lowest BCUT2D eigenvalue weighted by Crippen LogP contribution is -2.31. The summed E-state index contributed by atoms with van der Waals surface area (Å²) < 4.78 is 37.8. The van der Waals surface area contributed by atoms with Gasteiger partial charge in [0.1, 0.15) is 5.37 Å². The first kappa shape index (κ1) is 18.1. The lowest BCUT2D eigenvalue weighted by molar-refractivity contribution is -0.137. The predicted molar refractivity (Wildman–Crippen MR) is 93.5 cm³/mol. The Morgan fingerprint density at radius 1 is 1.20 bits per heavy atom. The van der Waals surface area contributed by atoms with Crippen molar-refractivity contribution in [2.75, 3.05) is 12.3 Å². The monoisotopic (exact) mass is 385 g/mol. The molecule has 2 aromatic rings. The number of hydrogen-bond acceptors (Lipinski definition) is 2. The lowest BCUT2D eigenvalue weighted by Gasteiger charge is -2.24. The van der Waals surface area contributed by atoms with Crippen LogP contribution in [0.15, 0.2) is 48.5 Å². The van der Waals surface area contributed by atoms with Gasteiger partial charge in [-0.1, -0.05) is 35.9 Å². The Labute approximate surface area is 153 Å². The Morgan fingerprint density at radius 2 is 1.92 bits per heavy atom. The molecule has 1 saturated heterocycles. The van der Waals surface area contributed by atoms with Crippen molar-refractivity contribution >= 4 is 29.3 Å². The summed E-state index contributed by atoms with van der Waals surface area (Å²) in [7, 11) is 0.